The fourth-order valence-corrected chi connectivity index (χ4v) is 10.5. The van der Waals surface area contributed by atoms with Crippen molar-refractivity contribution in [3.8, 4) is 22.4 Å². The molecule has 340 valence electrons. The summed E-state index contributed by atoms with van der Waals surface area (Å²) in [6.07, 6.45) is 9.25. The Morgan fingerprint density at radius 3 is 2.18 bits per heavy atom. The molecule has 0 radical (unpaired) electrons. The second kappa shape index (κ2) is 18.2. The Kier molecular flexibility index (Phi) is 11.9. The van der Waals surface area contributed by atoms with Gasteiger partial charge in [-0.05, 0) is 107 Å². The Labute approximate surface area is 383 Å². The monoisotopic (exact) mass is 889 g/mol. The van der Waals surface area contributed by atoms with E-state index < -0.39 is 24.3 Å². The molecule has 4 aromatic carbocycles. The number of hydrogen-bond acceptors (Lipinski definition) is 9. The largest absolute Gasteiger partial charge is 0.453 e. The van der Waals surface area contributed by atoms with E-state index >= 15 is 0 Å². The van der Waals surface area contributed by atoms with E-state index in [1.54, 1.807) is 0 Å². The maximum atomic E-state index is 14.3. The number of carbonyl (C=O) groups is 4. The summed E-state index contributed by atoms with van der Waals surface area (Å²) in [7, 11) is 2.62. The molecular weight excluding hydrogens is 835 g/mol. The highest BCUT2D eigenvalue weighted by Crippen LogP contribution is 2.56. The molecule has 14 heteroatoms. The van der Waals surface area contributed by atoms with E-state index in [9.17, 15) is 19.2 Å². The number of likely N-dealkylation sites (tertiary alicyclic amines) is 2. The molecule has 4 aliphatic heterocycles. The molecule has 10 rings (SSSR count). The highest BCUT2D eigenvalue weighted by Gasteiger charge is 2.55. The molecule has 5 aliphatic rings. The van der Waals surface area contributed by atoms with Crippen LogP contribution in [-0.2, 0) is 23.8 Å². The van der Waals surface area contributed by atoms with E-state index in [1.807, 2.05) is 52.5 Å². The van der Waals surface area contributed by atoms with Crippen molar-refractivity contribution in [1.82, 2.24) is 30.4 Å². The van der Waals surface area contributed by atoms with E-state index in [4.69, 9.17) is 24.2 Å². The zero-order chi connectivity index (χ0) is 45.4. The summed E-state index contributed by atoms with van der Waals surface area (Å²) in [5.41, 5.74) is 8.11. The second-order valence-electron chi connectivity index (χ2n) is 18.4. The second-order valence-corrected chi connectivity index (χ2v) is 18.4. The van der Waals surface area contributed by atoms with Crippen LogP contribution in [0.25, 0.3) is 38.7 Å². The van der Waals surface area contributed by atoms with Gasteiger partial charge in [0.1, 0.15) is 17.9 Å². The number of H-pyrrole nitrogens is 1. The van der Waals surface area contributed by atoms with Crippen molar-refractivity contribution in [3.05, 3.63) is 120 Å². The number of aliphatic imine (C=N–C) groups is 1. The molecule has 4 fully saturated rings. The first kappa shape index (κ1) is 43.1. The number of nitrogens with zero attached hydrogens (tertiary/aromatic N) is 4. The number of nitrogens with one attached hydrogen (secondary N) is 3. The van der Waals surface area contributed by atoms with Crippen LogP contribution >= 0.6 is 0 Å². The Hall–Kier alpha value is -6.80. The van der Waals surface area contributed by atoms with Gasteiger partial charge in [0.05, 0.1) is 38.2 Å². The van der Waals surface area contributed by atoms with E-state index in [1.165, 1.54) is 14.2 Å². The average Bonchev–Trinajstić information content (AvgIpc) is 3.90. The molecule has 5 heterocycles. The number of methoxy groups -OCH3 is 2. The molecule has 0 unspecified atom stereocenters. The predicted molar refractivity (Wildman–Crippen MR) is 250 cm³/mol. The third-order valence-electron chi connectivity index (χ3n) is 14.4. The molecule has 66 heavy (non-hydrogen) atoms. The molecule has 3 N–H and O–H groups in total. The third-order valence-corrected chi connectivity index (χ3v) is 14.4. The lowest BCUT2D eigenvalue weighted by Gasteiger charge is -2.34. The van der Waals surface area contributed by atoms with Crippen molar-refractivity contribution < 1.29 is 33.4 Å². The first-order valence-corrected chi connectivity index (χ1v) is 23.1. The van der Waals surface area contributed by atoms with Crippen LogP contribution in [0.1, 0.15) is 80.4 Å². The van der Waals surface area contributed by atoms with Crippen LogP contribution in [0.2, 0.25) is 0 Å². The number of benzene rings is 4. The molecule has 3 saturated heterocycles. The van der Waals surface area contributed by atoms with Gasteiger partial charge < -0.3 is 39.6 Å². The molecular formula is C52H55N7O7. The van der Waals surface area contributed by atoms with Gasteiger partial charge in [-0.3, -0.25) is 14.6 Å². The number of fused-ring (bicyclic) bond motifs is 1. The molecule has 1 spiro atoms. The summed E-state index contributed by atoms with van der Waals surface area (Å²) in [6.45, 7) is 2.37. The lowest BCUT2D eigenvalue weighted by Crippen LogP contribution is -2.53. The highest BCUT2D eigenvalue weighted by atomic mass is 16.5. The average molecular weight is 890 g/mol. The van der Waals surface area contributed by atoms with Crippen molar-refractivity contribution in [2.75, 3.05) is 40.5 Å². The number of carbonyl (C=O) groups excluding carboxylic acids is 4. The van der Waals surface area contributed by atoms with Crippen LogP contribution in [0.4, 0.5) is 9.59 Å². The van der Waals surface area contributed by atoms with Crippen molar-refractivity contribution in [3.63, 3.8) is 0 Å². The molecule has 0 bridgehead atoms. The Balaban J connectivity index is 0.798. The number of aromatic nitrogens is 2. The molecule has 1 aromatic heterocycles. The summed E-state index contributed by atoms with van der Waals surface area (Å²) in [6, 6.07) is 28.9. The van der Waals surface area contributed by atoms with E-state index in [0.717, 1.165) is 87.9 Å². The van der Waals surface area contributed by atoms with Crippen molar-refractivity contribution in [2.24, 2.45) is 16.3 Å². The van der Waals surface area contributed by atoms with Gasteiger partial charge in [0.2, 0.25) is 11.8 Å². The van der Waals surface area contributed by atoms with Gasteiger partial charge in [0, 0.05) is 50.2 Å². The van der Waals surface area contributed by atoms with Gasteiger partial charge in [-0.2, -0.15) is 0 Å². The van der Waals surface area contributed by atoms with Crippen molar-refractivity contribution in [1.29, 1.82) is 0 Å². The van der Waals surface area contributed by atoms with Gasteiger partial charge in [0.25, 0.3) is 0 Å². The number of alkyl carbamates (subject to hydrolysis) is 2. The van der Waals surface area contributed by atoms with Gasteiger partial charge in [-0.1, -0.05) is 78.9 Å². The predicted octanol–water partition coefficient (Wildman–Crippen LogP) is 8.38. The number of amides is 4. The van der Waals surface area contributed by atoms with Crippen LogP contribution in [-0.4, -0.2) is 102 Å². The van der Waals surface area contributed by atoms with Gasteiger partial charge in [-0.15, -0.1) is 0 Å². The van der Waals surface area contributed by atoms with Crippen molar-refractivity contribution >= 4 is 46.1 Å². The summed E-state index contributed by atoms with van der Waals surface area (Å²) in [4.78, 5) is 70.0. The number of aromatic amines is 1. The fraction of sp³-hybridized carbons (Fsp3) is 0.385. The van der Waals surface area contributed by atoms with Gasteiger partial charge >= 0.3 is 12.2 Å². The number of ether oxygens (including phenoxy) is 3. The van der Waals surface area contributed by atoms with Gasteiger partial charge in [0.15, 0.2) is 0 Å². The smallest absolute Gasteiger partial charge is 0.407 e. The maximum absolute atomic E-state index is 14.3. The molecule has 1 aliphatic carbocycles. The lowest BCUT2D eigenvalue weighted by molar-refractivity contribution is -0.137. The molecule has 4 atom stereocenters. The summed E-state index contributed by atoms with van der Waals surface area (Å²) in [5.74, 6) is 0.454. The van der Waals surface area contributed by atoms with E-state index in [2.05, 4.69) is 76.3 Å². The summed E-state index contributed by atoms with van der Waals surface area (Å²) >= 11 is 0. The van der Waals surface area contributed by atoms with E-state index in [0.29, 0.717) is 51.1 Å². The Bertz CT molecular complexity index is 2700. The SMILES string of the molecule is COC(=O)N[C@H](C(=O)N1CCC[C@H]1c1ncc(-c2ccc3cc(-c4ccc(C5=CN=C([C@@H]6CC7(CC7)CN6C(=O)[C@H](NC(=O)OC)c6ccccc6)C5)cc4)ccc3c2)[nH]1)C1CCOCC1. The zero-order valence-corrected chi connectivity index (χ0v) is 37.3. The quantitative estimate of drug-likeness (QED) is 0.119. The van der Waals surface area contributed by atoms with E-state index in [-0.39, 0.29) is 35.2 Å². The minimum absolute atomic E-state index is 0.0281. The Morgan fingerprint density at radius 2 is 1.45 bits per heavy atom. The normalized spacial score (nSPS) is 21.0. The maximum Gasteiger partial charge on any atom is 0.407 e. The number of allylic oxidation sites excluding steroid dienone is 1. The van der Waals surface area contributed by atoms with Crippen molar-refractivity contribution in [2.45, 2.75) is 75.5 Å². The lowest BCUT2D eigenvalue weighted by atomic mass is 9.90. The van der Waals surface area contributed by atoms with Crippen LogP contribution in [0.5, 0.6) is 0 Å². The summed E-state index contributed by atoms with van der Waals surface area (Å²) < 4.78 is 15.3. The van der Waals surface area contributed by atoms with Gasteiger partial charge in [-0.25, -0.2) is 14.6 Å². The molecule has 14 nitrogen and oxygen atoms in total. The number of imidazole rings is 1. The van der Waals surface area contributed by atoms with Crippen LogP contribution in [0.3, 0.4) is 0 Å². The fourth-order valence-electron chi connectivity index (χ4n) is 10.5. The third kappa shape index (κ3) is 8.69. The minimum Gasteiger partial charge on any atom is -0.453 e. The first-order chi connectivity index (χ1) is 32.2. The first-order valence-electron chi connectivity index (χ1n) is 23.1. The number of rotatable bonds is 11. The molecule has 4 amide bonds. The topological polar surface area (TPSA) is 168 Å². The standard InChI is InChI=1S/C52H55N7O7/c1-64-50(62)56-45(34-7-4-3-5-8-34)49(61)59-31-52(20-21-52)28-44(59)41-27-40(29-53-41)33-12-10-32(11-13-33)36-14-15-38-26-39(17-16-37(38)25-36)42-30-54-47(55-42)43-9-6-22-58(43)48(60)46(57-51(63)65-2)35-18-23-66-24-19-35/h3-5,7-8,10-17,25-26,29-30,35,43-46H,6,9,18-24,27-28,31H2,1-2H3,(H,54,55)(H,56,62)(H,57,63)/t43-,44-,45+,46-/m0/s1. The molecule has 5 aromatic rings. The highest BCUT2D eigenvalue weighted by molar-refractivity contribution is 6.04. The van der Waals surface area contributed by atoms with Crippen LogP contribution < -0.4 is 10.6 Å². The zero-order valence-electron chi connectivity index (χ0n) is 37.3. The van der Waals surface area contributed by atoms with Crippen LogP contribution in [0.15, 0.2) is 108 Å². The minimum atomic E-state index is -0.853. The summed E-state index contributed by atoms with van der Waals surface area (Å²) in [5, 5.41) is 7.82. The Morgan fingerprint density at radius 1 is 0.773 bits per heavy atom. The van der Waals surface area contributed by atoms with Crippen LogP contribution in [0, 0.1) is 11.3 Å². The number of hydrogen-bond donors (Lipinski definition) is 3. The molecule has 1 saturated carbocycles.